The van der Waals surface area contributed by atoms with Crippen LogP contribution < -0.4 is 0 Å². The molecule has 0 radical (unpaired) electrons. The first-order chi connectivity index (χ1) is 12.0. The lowest BCUT2D eigenvalue weighted by Crippen LogP contribution is -2.06. The first-order valence-electron chi connectivity index (χ1n) is 7.92. The van der Waals surface area contributed by atoms with Crippen molar-refractivity contribution in [3.05, 3.63) is 77.5 Å². The predicted molar refractivity (Wildman–Crippen MR) is 91.8 cm³/mol. The van der Waals surface area contributed by atoms with E-state index in [2.05, 4.69) is 0 Å². The van der Waals surface area contributed by atoms with Gasteiger partial charge in [-0.15, -0.1) is 0 Å². The number of hydrogen-bond acceptors (Lipinski definition) is 2. The van der Waals surface area contributed by atoms with Crippen molar-refractivity contribution in [1.82, 2.24) is 4.57 Å². The zero-order valence-corrected chi connectivity index (χ0v) is 13.9. The van der Waals surface area contributed by atoms with Gasteiger partial charge < -0.3 is 9.30 Å². The molecule has 0 aliphatic rings. The molecular weight excluding hydrogens is 324 g/mol. The minimum absolute atomic E-state index is 0.270. The van der Waals surface area contributed by atoms with Crippen molar-refractivity contribution in [2.45, 2.75) is 13.8 Å². The number of esters is 1. The lowest BCUT2D eigenvalue weighted by molar-refractivity contribution is 0.0525. The minimum Gasteiger partial charge on any atom is -0.462 e. The maximum Gasteiger partial charge on any atom is 0.339 e. The molecule has 0 fully saturated rings. The first-order valence-corrected chi connectivity index (χ1v) is 7.92. The third-order valence-corrected chi connectivity index (χ3v) is 3.97. The summed E-state index contributed by atoms with van der Waals surface area (Å²) in [7, 11) is 0. The Kier molecular flexibility index (Phi) is 4.65. The molecule has 3 rings (SSSR count). The highest BCUT2D eigenvalue weighted by molar-refractivity contribution is 5.93. The highest BCUT2D eigenvalue weighted by Gasteiger charge is 2.20. The monoisotopic (exact) mass is 341 g/mol. The van der Waals surface area contributed by atoms with Crippen molar-refractivity contribution in [1.29, 1.82) is 0 Å². The smallest absolute Gasteiger partial charge is 0.339 e. The Balaban J connectivity index is 2.21. The molecule has 0 aliphatic carbocycles. The molecule has 0 amide bonds. The molecule has 5 heteroatoms. The lowest BCUT2D eigenvalue weighted by atomic mass is 10.1. The number of carbonyl (C=O) groups excluding carboxylic acids is 1. The van der Waals surface area contributed by atoms with E-state index < -0.39 is 5.97 Å². The number of ether oxygens (including phenoxy) is 1. The van der Waals surface area contributed by atoms with E-state index in [-0.39, 0.29) is 18.2 Å². The second kappa shape index (κ2) is 6.89. The molecule has 0 saturated heterocycles. The van der Waals surface area contributed by atoms with Crippen LogP contribution in [0, 0.1) is 18.6 Å². The van der Waals surface area contributed by atoms with Gasteiger partial charge in [-0.25, -0.2) is 13.6 Å². The van der Waals surface area contributed by atoms with Gasteiger partial charge in [-0.2, -0.15) is 0 Å². The van der Waals surface area contributed by atoms with Crippen molar-refractivity contribution >= 4 is 5.97 Å². The van der Waals surface area contributed by atoms with Crippen molar-refractivity contribution < 1.29 is 18.3 Å². The van der Waals surface area contributed by atoms with Gasteiger partial charge in [0.05, 0.1) is 17.9 Å². The maximum absolute atomic E-state index is 13.3. The summed E-state index contributed by atoms with van der Waals surface area (Å²) in [4.78, 5) is 12.2. The van der Waals surface area contributed by atoms with Crippen molar-refractivity contribution in [3.8, 4) is 16.9 Å². The standard InChI is InChI=1S/C20H17F2NO2/c1-3-25-20(24)18-12-19(14-4-6-15(21)7-5-14)23(13(18)2)17-10-8-16(22)9-11-17/h4-12H,3H2,1-2H3. The second-order valence-electron chi connectivity index (χ2n) is 5.57. The molecule has 0 bridgehead atoms. The highest BCUT2D eigenvalue weighted by atomic mass is 19.1. The van der Waals surface area contributed by atoms with Gasteiger partial charge in [0, 0.05) is 11.4 Å². The van der Waals surface area contributed by atoms with Crippen LogP contribution in [0.4, 0.5) is 8.78 Å². The van der Waals surface area contributed by atoms with Crippen molar-refractivity contribution in [2.75, 3.05) is 6.61 Å². The van der Waals surface area contributed by atoms with Crippen LogP contribution in [0.15, 0.2) is 54.6 Å². The van der Waals surface area contributed by atoms with Crippen LogP contribution in [-0.2, 0) is 4.74 Å². The third-order valence-electron chi connectivity index (χ3n) is 3.97. The second-order valence-corrected chi connectivity index (χ2v) is 5.57. The topological polar surface area (TPSA) is 31.2 Å². The van der Waals surface area contributed by atoms with Gasteiger partial charge >= 0.3 is 5.97 Å². The Hall–Kier alpha value is -2.95. The Morgan fingerprint density at radius 2 is 1.56 bits per heavy atom. The fraction of sp³-hybridized carbons (Fsp3) is 0.150. The molecule has 3 aromatic rings. The predicted octanol–water partition coefficient (Wildman–Crippen LogP) is 4.91. The number of carbonyl (C=O) groups is 1. The van der Waals surface area contributed by atoms with E-state index in [1.807, 2.05) is 4.57 Å². The molecule has 1 aromatic heterocycles. The van der Waals surface area contributed by atoms with Crippen LogP contribution in [0.25, 0.3) is 16.9 Å². The van der Waals surface area contributed by atoms with Crippen LogP contribution in [0.5, 0.6) is 0 Å². The summed E-state index contributed by atoms with van der Waals surface area (Å²) in [5.41, 5.74) is 3.24. The van der Waals surface area contributed by atoms with E-state index in [0.717, 1.165) is 5.56 Å². The molecule has 3 nitrogen and oxygen atoms in total. The number of hydrogen-bond donors (Lipinski definition) is 0. The lowest BCUT2D eigenvalue weighted by Gasteiger charge is -2.12. The molecule has 0 unspecified atom stereocenters. The number of nitrogens with zero attached hydrogens (tertiary/aromatic N) is 1. The highest BCUT2D eigenvalue weighted by Crippen LogP contribution is 2.30. The molecule has 25 heavy (non-hydrogen) atoms. The third kappa shape index (κ3) is 3.31. The summed E-state index contributed by atoms with van der Waals surface area (Å²) >= 11 is 0. The Morgan fingerprint density at radius 3 is 2.12 bits per heavy atom. The van der Waals surface area contributed by atoms with Gasteiger partial charge in [0.25, 0.3) is 0 Å². The summed E-state index contributed by atoms with van der Waals surface area (Å²) in [5, 5.41) is 0. The van der Waals surface area contributed by atoms with Gasteiger partial charge in [0.1, 0.15) is 11.6 Å². The van der Waals surface area contributed by atoms with E-state index in [0.29, 0.717) is 22.6 Å². The van der Waals surface area contributed by atoms with Crippen LogP contribution in [-0.4, -0.2) is 17.1 Å². The average Bonchev–Trinajstić information content (AvgIpc) is 2.94. The SMILES string of the molecule is CCOC(=O)c1cc(-c2ccc(F)cc2)n(-c2ccc(F)cc2)c1C. The Morgan fingerprint density at radius 1 is 1.00 bits per heavy atom. The normalized spacial score (nSPS) is 10.7. The molecule has 1 heterocycles. The zero-order chi connectivity index (χ0) is 18.0. The summed E-state index contributed by atoms with van der Waals surface area (Å²) < 4.78 is 33.5. The summed E-state index contributed by atoms with van der Waals surface area (Å²) in [6, 6.07) is 13.7. The molecule has 0 spiro atoms. The molecule has 128 valence electrons. The number of halogens is 2. The van der Waals surface area contributed by atoms with E-state index >= 15 is 0 Å². The molecule has 0 aliphatic heterocycles. The Labute approximate surface area is 144 Å². The fourth-order valence-corrected chi connectivity index (χ4v) is 2.78. The van der Waals surface area contributed by atoms with E-state index in [1.54, 1.807) is 44.2 Å². The average molecular weight is 341 g/mol. The molecular formula is C20H17F2NO2. The fourth-order valence-electron chi connectivity index (χ4n) is 2.78. The molecule has 0 saturated carbocycles. The number of rotatable bonds is 4. The van der Waals surface area contributed by atoms with Crippen molar-refractivity contribution in [2.24, 2.45) is 0 Å². The van der Waals surface area contributed by atoms with Gasteiger partial charge in [0.2, 0.25) is 0 Å². The zero-order valence-electron chi connectivity index (χ0n) is 13.9. The minimum atomic E-state index is -0.427. The number of benzene rings is 2. The van der Waals surface area contributed by atoms with Crippen LogP contribution in [0.1, 0.15) is 23.0 Å². The van der Waals surface area contributed by atoms with Crippen LogP contribution in [0.2, 0.25) is 0 Å². The molecule has 0 N–H and O–H groups in total. The van der Waals surface area contributed by atoms with Crippen LogP contribution in [0.3, 0.4) is 0 Å². The summed E-state index contributed by atoms with van der Waals surface area (Å²) in [5.74, 6) is -1.11. The van der Waals surface area contributed by atoms with E-state index in [4.69, 9.17) is 4.74 Å². The molecule has 0 atom stereocenters. The molecule has 2 aromatic carbocycles. The van der Waals surface area contributed by atoms with E-state index in [1.165, 1.54) is 24.3 Å². The Bertz CT molecular complexity index is 897. The quantitative estimate of drug-likeness (QED) is 0.632. The first kappa shape index (κ1) is 16.9. The van der Waals surface area contributed by atoms with Gasteiger partial charge in [0.15, 0.2) is 0 Å². The largest absolute Gasteiger partial charge is 0.462 e. The summed E-state index contributed by atoms with van der Waals surface area (Å²) in [6.07, 6.45) is 0. The van der Waals surface area contributed by atoms with Gasteiger partial charge in [-0.05, 0) is 74.0 Å². The van der Waals surface area contributed by atoms with E-state index in [9.17, 15) is 13.6 Å². The van der Waals surface area contributed by atoms with Gasteiger partial charge in [-0.3, -0.25) is 0 Å². The van der Waals surface area contributed by atoms with Gasteiger partial charge in [-0.1, -0.05) is 0 Å². The van der Waals surface area contributed by atoms with Crippen molar-refractivity contribution in [3.63, 3.8) is 0 Å². The van der Waals surface area contributed by atoms with Crippen LogP contribution >= 0.6 is 0 Å². The number of aromatic nitrogens is 1. The summed E-state index contributed by atoms with van der Waals surface area (Å²) in [6.45, 7) is 3.81. The maximum atomic E-state index is 13.3.